The van der Waals surface area contributed by atoms with Gasteiger partial charge >= 0.3 is 12.1 Å². The van der Waals surface area contributed by atoms with Crippen molar-refractivity contribution in [2.45, 2.75) is 32.2 Å². The molecule has 4 rings (SSSR count). The number of nitrogens with zero attached hydrogens (tertiary/aromatic N) is 4. The predicted molar refractivity (Wildman–Crippen MR) is 121 cm³/mol. The number of rotatable bonds is 7. The molecule has 10 nitrogen and oxygen atoms in total. The van der Waals surface area contributed by atoms with Crippen LogP contribution in [-0.2, 0) is 11.3 Å². The van der Waals surface area contributed by atoms with E-state index in [4.69, 9.17) is 15.6 Å². The SMILES string of the molecule is NC(=NCc1cccc(-c2cnc(OCC3CCN(C(=O)C4CC4)CC3)nc2)c1F)NC(=O)O. The average molecular weight is 471 g/mol. The Kier molecular flexibility index (Phi) is 7.19. The molecule has 34 heavy (non-hydrogen) atoms. The molecule has 11 heteroatoms. The number of piperidine rings is 1. The molecule has 0 spiro atoms. The molecule has 0 radical (unpaired) electrons. The first kappa shape index (κ1) is 23.4. The zero-order valence-corrected chi connectivity index (χ0v) is 18.6. The van der Waals surface area contributed by atoms with Gasteiger partial charge in [0.1, 0.15) is 5.82 Å². The van der Waals surface area contributed by atoms with Crippen LogP contribution in [0.25, 0.3) is 11.1 Å². The van der Waals surface area contributed by atoms with Gasteiger partial charge in [-0.1, -0.05) is 18.2 Å². The molecular weight excluding hydrogens is 443 g/mol. The minimum Gasteiger partial charge on any atom is -0.465 e. The lowest BCUT2D eigenvalue weighted by molar-refractivity contribution is -0.134. The molecule has 2 amide bonds. The fourth-order valence-corrected chi connectivity index (χ4v) is 3.87. The highest BCUT2D eigenvalue weighted by atomic mass is 19.1. The van der Waals surface area contributed by atoms with Gasteiger partial charge in [-0.15, -0.1) is 0 Å². The van der Waals surface area contributed by atoms with Crippen molar-refractivity contribution < 1.29 is 23.8 Å². The molecule has 1 aliphatic carbocycles. The number of amides is 2. The molecule has 1 saturated carbocycles. The second-order valence-corrected chi connectivity index (χ2v) is 8.52. The number of nitrogens with one attached hydrogen (secondary N) is 1. The van der Waals surface area contributed by atoms with Crippen molar-refractivity contribution in [2.24, 2.45) is 22.6 Å². The molecule has 2 aromatic rings. The van der Waals surface area contributed by atoms with E-state index in [9.17, 15) is 14.0 Å². The number of halogens is 1. The zero-order chi connectivity index (χ0) is 24.1. The number of hydrogen-bond donors (Lipinski definition) is 3. The van der Waals surface area contributed by atoms with Gasteiger partial charge in [-0.05, 0) is 31.6 Å². The molecule has 1 aliphatic heterocycles. The van der Waals surface area contributed by atoms with Crippen LogP contribution in [0.3, 0.4) is 0 Å². The van der Waals surface area contributed by atoms with Gasteiger partial charge < -0.3 is 20.5 Å². The average Bonchev–Trinajstić information content (AvgIpc) is 3.68. The fraction of sp³-hybridized carbons (Fsp3) is 0.435. The standard InChI is InChI=1S/C23H27FN6O4/c24-19-16(10-26-21(25)29-23(32)33)2-1-3-18(19)17-11-27-22(28-12-17)34-13-14-6-8-30(9-7-14)20(31)15-4-5-15/h1-3,11-12,14-15H,4-10,13H2,(H,32,33)(H3,25,26,29). The normalized spacial score (nSPS) is 16.9. The van der Waals surface area contributed by atoms with Crippen molar-refractivity contribution in [1.29, 1.82) is 0 Å². The van der Waals surface area contributed by atoms with Gasteiger partial charge in [-0.2, -0.15) is 0 Å². The van der Waals surface area contributed by atoms with Crippen LogP contribution < -0.4 is 15.8 Å². The largest absolute Gasteiger partial charge is 0.465 e. The number of aliphatic imine (C=N–C) groups is 1. The summed E-state index contributed by atoms with van der Waals surface area (Å²) in [6.07, 6.45) is 5.47. The van der Waals surface area contributed by atoms with Crippen LogP contribution in [0.2, 0.25) is 0 Å². The van der Waals surface area contributed by atoms with Gasteiger partial charge in [0.05, 0.1) is 13.2 Å². The molecule has 0 unspecified atom stereocenters. The third-order valence-corrected chi connectivity index (χ3v) is 5.97. The van der Waals surface area contributed by atoms with E-state index in [0.29, 0.717) is 24.0 Å². The Morgan fingerprint density at radius 2 is 1.91 bits per heavy atom. The van der Waals surface area contributed by atoms with E-state index in [-0.39, 0.29) is 35.6 Å². The Bertz CT molecular complexity index is 1070. The lowest BCUT2D eigenvalue weighted by Gasteiger charge is -2.31. The summed E-state index contributed by atoms with van der Waals surface area (Å²) in [5.41, 5.74) is 6.45. The minimum atomic E-state index is -1.34. The smallest absolute Gasteiger partial charge is 0.411 e. The number of likely N-dealkylation sites (tertiary alicyclic amines) is 1. The van der Waals surface area contributed by atoms with Crippen molar-refractivity contribution in [3.63, 3.8) is 0 Å². The quantitative estimate of drug-likeness (QED) is 0.416. The molecular formula is C23H27FN6O4. The van der Waals surface area contributed by atoms with E-state index in [0.717, 1.165) is 38.8 Å². The first-order valence-corrected chi connectivity index (χ1v) is 11.2. The highest BCUT2D eigenvalue weighted by molar-refractivity contribution is 5.92. The third-order valence-electron chi connectivity index (χ3n) is 5.97. The van der Waals surface area contributed by atoms with Crippen molar-refractivity contribution in [3.05, 3.63) is 42.0 Å². The fourth-order valence-electron chi connectivity index (χ4n) is 3.87. The van der Waals surface area contributed by atoms with Gasteiger partial charge in [0, 0.05) is 48.1 Å². The number of benzene rings is 1. The van der Waals surface area contributed by atoms with Gasteiger partial charge in [0.2, 0.25) is 5.91 Å². The maximum atomic E-state index is 14.9. The van der Waals surface area contributed by atoms with Crippen molar-refractivity contribution in [1.82, 2.24) is 20.2 Å². The van der Waals surface area contributed by atoms with Crippen LogP contribution in [0.1, 0.15) is 31.2 Å². The minimum absolute atomic E-state index is 0.126. The summed E-state index contributed by atoms with van der Waals surface area (Å²) in [6, 6.07) is 5.01. The lowest BCUT2D eigenvalue weighted by atomic mass is 9.97. The van der Waals surface area contributed by atoms with Crippen molar-refractivity contribution in [3.8, 4) is 17.1 Å². The molecule has 1 aromatic heterocycles. The molecule has 1 aromatic carbocycles. The van der Waals surface area contributed by atoms with Crippen LogP contribution in [0.15, 0.2) is 35.6 Å². The number of aromatic nitrogens is 2. The summed E-state index contributed by atoms with van der Waals surface area (Å²) >= 11 is 0. The third kappa shape index (κ3) is 5.97. The highest BCUT2D eigenvalue weighted by Gasteiger charge is 2.35. The number of ether oxygens (including phenoxy) is 1. The van der Waals surface area contributed by atoms with Gasteiger partial charge in [-0.3, -0.25) is 10.1 Å². The second-order valence-electron chi connectivity index (χ2n) is 8.52. The lowest BCUT2D eigenvalue weighted by Crippen LogP contribution is -2.40. The van der Waals surface area contributed by atoms with Gasteiger partial charge in [-0.25, -0.2) is 24.1 Å². The van der Waals surface area contributed by atoms with E-state index in [1.54, 1.807) is 12.1 Å². The van der Waals surface area contributed by atoms with Crippen molar-refractivity contribution >= 4 is 18.0 Å². The van der Waals surface area contributed by atoms with E-state index < -0.39 is 11.9 Å². The van der Waals surface area contributed by atoms with Crippen LogP contribution in [0, 0.1) is 17.7 Å². The van der Waals surface area contributed by atoms with Crippen LogP contribution in [0.4, 0.5) is 9.18 Å². The summed E-state index contributed by atoms with van der Waals surface area (Å²) < 4.78 is 20.7. The number of hydrogen-bond acceptors (Lipinski definition) is 6. The van der Waals surface area contributed by atoms with E-state index >= 15 is 0 Å². The summed E-state index contributed by atoms with van der Waals surface area (Å²) in [7, 11) is 0. The number of guanidine groups is 1. The van der Waals surface area contributed by atoms with Crippen LogP contribution in [-0.4, -0.2) is 57.6 Å². The zero-order valence-electron chi connectivity index (χ0n) is 18.6. The maximum absolute atomic E-state index is 14.9. The maximum Gasteiger partial charge on any atom is 0.411 e. The molecule has 2 fully saturated rings. The summed E-state index contributed by atoms with van der Waals surface area (Å²) in [4.78, 5) is 36.9. The van der Waals surface area contributed by atoms with Crippen LogP contribution in [0.5, 0.6) is 6.01 Å². The Balaban J connectivity index is 1.31. The van der Waals surface area contributed by atoms with Crippen molar-refractivity contribution in [2.75, 3.05) is 19.7 Å². The Morgan fingerprint density at radius 3 is 2.56 bits per heavy atom. The van der Waals surface area contributed by atoms with Gasteiger partial charge in [0.15, 0.2) is 5.96 Å². The number of carboxylic acid groups (broad SMARTS) is 1. The number of carbonyl (C=O) groups is 2. The molecule has 2 heterocycles. The molecule has 0 bridgehead atoms. The molecule has 4 N–H and O–H groups in total. The first-order valence-electron chi connectivity index (χ1n) is 11.2. The topological polar surface area (TPSA) is 143 Å². The van der Waals surface area contributed by atoms with Crippen LogP contribution >= 0.6 is 0 Å². The molecule has 2 aliphatic rings. The monoisotopic (exact) mass is 470 g/mol. The molecule has 0 atom stereocenters. The van der Waals surface area contributed by atoms with Gasteiger partial charge in [0.25, 0.3) is 0 Å². The summed E-state index contributed by atoms with van der Waals surface area (Å²) in [6.45, 7) is 1.87. The van der Waals surface area contributed by atoms with E-state index in [1.165, 1.54) is 18.5 Å². The Hall–Kier alpha value is -3.76. The summed E-state index contributed by atoms with van der Waals surface area (Å²) in [5.74, 6) is 0.0533. The number of carbonyl (C=O) groups excluding carboxylic acids is 1. The molecule has 1 saturated heterocycles. The summed E-state index contributed by atoms with van der Waals surface area (Å²) in [5, 5.41) is 10.5. The Morgan fingerprint density at radius 1 is 1.21 bits per heavy atom. The van der Waals surface area contributed by atoms with E-state index in [1.807, 2.05) is 10.2 Å². The predicted octanol–water partition coefficient (Wildman–Crippen LogP) is 2.39. The number of nitrogens with two attached hydrogens (primary N) is 1. The Labute approximate surface area is 196 Å². The molecule has 180 valence electrons. The second kappa shape index (κ2) is 10.4. The first-order chi connectivity index (χ1) is 16.4. The highest BCUT2D eigenvalue weighted by Crippen LogP contribution is 2.32. The van der Waals surface area contributed by atoms with E-state index in [2.05, 4.69) is 15.0 Å².